The van der Waals surface area contributed by atoms with Crippen LogP contribution in [0.2, 0.25) is 0 Å². The van der Waals surface area contributed by atoms with Crippen molar-refractivity contribution in [1.82, 2.24) is 5.32 Å². The highest BCUT2D eigenvalue weighted by atomic mass is 16.6. The topological polar surface area (TPSA) is 66.0 Å². The Morgan fingerprint density at radius 1 is 1.19 bits per heavy atom. The van der Waals surface area contributed by atoms with Gasteiger partial charge >= 0.3 is 0 Å². The zero-order valence-electron chi connectivity index (χ0n) is 15.5. The largest absolute Gasteiger partial charge is 0.493 e. The van der Waals surface area contributed by atoms with E-state index in [1.54, 1.807) is 32.4 Å². The molecule has 0 fully saturated rings. The van der Waals surface area contributed by atoms with Gasteiger partial charge in [-0.1, -0.05) is 18.2 Å². The van der Waals surface area contributed by atoms with Gasteiger partial charge in [0.15, 0.2) is 23.0 Å². The van der Waals surface area contributed by atoms with Crippen LogP contribution >= 0.6 is 0 Å². The monoisotopic (exact) mass is 369 g/mol. The van der Waals surface area contributed by atoms with Gasteiger partial charge in [0.25, 0.3) is 5.91 Å². The third kappa shape index (κ3) is 4.00. The van der Waals surface area contributed by atoms with Gasteiger partial charge in [-0.2, -0.15) is 0 Å². The molecule has 1 N–H and O–H groups in total. The molecule has 3 rings (SSSR count). The Bertz CT molecular complexity index is 847. The van der Waals surface area contributed by atoms with Gasteiger partial charge in [0.2, 0.25) is 0 Å². The summed E-state index contributed by atoms with van der Waals surface area (Å²) in [5.74, 6) is 2.29. The zero-order chi connectivity index (χ0) is 19.2. The summed E-state index contributed by atoms with van der Waals surface area (Å²) in [7, 11) is 3.12. The summed E-state index contributed by atoms with van der Waals surface area (Å²) in [5, 5.41) is 2.93. The highest BCUT2D eigenvalue weighted by Gasteiger charge is 2.18. The maximum Gasteiger partial charge on any atom is 0.251 e. The number of para-hydroxylation sites is 1. The van der Waals surface area contributed by atoms with Crippen molar-refractivity contribution in [2.24, 2.45) is 0 Å². The van der Waals surface area contributed by atoms with Gasteiger partial charge in [0.05, 0.1) is 14.2 Å². The van der Waals surface area contributed by atoms with Crippen LogP contribution in [-0.4, -0.2) is 33.3 Å². The number of amides is 1. The van der Waals surface area contributed by atoms with E-state index < -0.39 is 0 Å². The number of nitrogens with one attached hydrogen (secondary N) is 1. The summed E-state index contributed by atoms with van der Waals surface area (Å²) >= 11 is 0. The summed E-state index contributed by atoms with van der Waals surface area (Å²) in [6.07, 6.45) is 2.32. The van der Waals surface area contributed by atoms with E-state index in [0.717, 1.165) is 11.1 Å². The number of rotatable bonds is 7. The maximum atomic E-state index is 12.7. The molecule has 0 aromatic heterocycles. The standard InChI is InChI=1S/C21H23NO5/c1-4-6-14-11-16(12-18(24-2)19(14)25-3)21(23)22-13-15-7-5-8-17-20(15)27-10-9-26-17/h4-5,7-8,11-12H,1,6,9-10,13H2,2-3H3,(H,22,23). The quantitative estimate of drug-likeness (QED) is 0.760. The van der Waals surface area contributed by atoms with Gasteiger partial charge in [0, 0.05) is 23.2 Å². The molecule has 0 saturated carbocycles. The van der Waals surface area contributed by atoms with Crippen molar-refractivity contribution in [3.63, 3.8) is 0 Å². The Hall–Kier alpha value is -3.15. The highest BCUT2D eigenvalue weighted by molar-refractivity contribution is 5.95. The van der Waals surface area contributed by atoms with Crippen molar-refractivity contribution < 1.29 is 23.7 Å². The number of methoxy groups -OCH3 is 2. The molecule has 1 aliphatic rings. The van der Waals surface area contributed by atoms with Crippen LogP contribution in [0.15, 0.2) is 43.0 Å². The average Bonchev–Trinajstić information content (AvgIpc) is 2.71. The van der Waals surface area contributed by atoms with Gasteiger partial charge in [-0.25, -0.2) is 0 Å². The van der Waals surface area contributed by atoms with E-state index in [9.17, 15) is 4.79 Å². The fraction of sp³-hybridized carbons (Fsp3) is 0.286. The molecule has 0 bridgehead atoms. The van der Waals surface area contributed by atoms with Crippen LogP contribution in [0.25, 0.3) is 0 Å². The second kappa shape index (κ2) is 8.49. The highest BCUT2D eigenvalue weighted by Crippen LogP contribution is 2.34. The summed E-state index contributed by atoms with van der Waals surface area (Å²) in [6, 6.07) is 9.11. The average molecular weight is 369 g/mol. The predicted octanol–water partition coefficient (Wildman–Crippen LogP) is 3.13. The van der Waals surface area contributed by atoms with E-state index in [0.29, 0.717) is 54.7 Å². The first-order chi connectivity index (χ1) is 13.2. The Labute approximate surface area is 158 Å². The molecule has 0 spiro atoms. The molecule has 27 heavy (non-hydrogen) atoms. The van der Waals surface area contributed by atoms with Crippen molar-refractivity contribution >= 4 is 5.91 Å². The first-order valence-corrected chi connectivity index (χ1v) is 8.69. The van der Waals surface area contributed by atoms with Crippen molar-refractivity contribution in [2.75, 3.05) is 27.4 Å². The minimum Gasteiger partial charge on any atom is -0.493 e. The molecule has 0 aliphatic carbocycles. The van der Waals surface area contributed by atoms with Crippen LogP contribution in [0.1, 0.15) is 21.5 Å². The fourth-order valence-corrected chi connectivity index (χ4v) is 3.03. The van der Waals surface area contributed by atoms with Crippen LogP contribution in [0.5, 0.6) is 23.0 Å². The van der Waals surface area contributed by atoms with Gasteiger partial charge < -0.3 is 24.3 Å². The molecule has 0 unspecified atom stereocenters. The summed E-state index contributed by atoms with van der Waals surface area (Å²) in [5.41, 5.74) is 2.20. The van der Waals surface area contributed by atoms with E-state index in [1.807, 2.05) is 18.2 Å². The normalized spacial score (nSPS) is 12.2. The lowest BCUT2D eigenvalue weighted by Crippen LogP contribution is -2.24. The van der Waals surface area contributed by atoms with Crippen LogP contribution in [0.4, 0.5) is 0 Å². The number of hydrogen-bond acceptors (Lipinski definition) is 5. The number of benzene rings is 2. The Morgan fingerprint density at radius 3 is 2.74 bits per heavy atom. The molecule has 0 radical (unpaired) electrons. The molecule has 142 valence electrons. The van der Waals surface area contributed by atoms with Gasteiger partial charge in [-0.3, -0.25) is 4.79 Å². The van der Waals surface area contributed by atoms with E-state index in [1.165, 1.54) is 0 Å². The molecule has 0 atom stereocenters. The second-order valence-electron chi connectivity index (χ2n) is 5.99. The summed E-state index contributed by atoms with van der Waals surface area (Å²) < 4.78 is 22.0. The second-order valence-corrected chi connectivity index (χ2v) is 5.99. The van der Waals surface area contributed by atoms with Gasteiger partial charge in [-0.05, 0) is 24.6 Å². The summed E-state index contributed by atoms with van der Waals surface area (Å²) in [6.45, 7) is 5.11. The van der Waals surface area contributed by atoms with Gasteiger partial charge in [-0.15, -0.1) is 6.58 Å². The molecule has 0 saturated heterocycles. The third-order valence-corrected chi connectivity index (χ3v) is 4.27. The first kappa shape index (κ1) is 18.6. The minimum atomic E-state index is -0.212. The molecule has 6 heteroatoms. The molecule has 6 nitrogen and oxygen atoms in total. The lowest BCUT2D eigenvalue weighted by molar-refractivity contribution is 0.0949. The third-order valence-electron chi connectivity index (χ3n) is 4.27. The molecule has 2 aromatic carbocycles. The first-order valence-electron chi connectivity index (χ1n) is 8.69. The number of fused-ring (bicyclic) bond motifs is 1. The van der Waals surface area contributed by atoms with Crippen molar-refractivity contribution in [3.8, 4) is 23.0 Å². The SMILES string of the molecule is C=CCc1cc(C(=O)NCc2cccc3c2OCCO3)cc(OC)c1OC. The van der Waals surface area contributed by atoms with Crippen LogP contribution in [0, 0.1) is 0 Å². The lowest BCUT2D eigenvalue weighted by atomic mass is 10.0. The molecular formula is C21H23NO5. The Morgan fingerprint density at radius 2 is 2.00 bits per heavy atom. The van der Waals surface area contributed by atoms with Crippen LogP contribution in [-0.2, 0) is 13.0 Å². The number of carbonyl (C=O) groups is 1. The van der Waals surface area contributed by atoms with E-state index >= 15 is 0 Å². The van der Waals surface area contributed by atoms with Crippen molar-refractivity contribution in [2.45, 2.75) is 13.0 Å². The minimum absolute atomic E-state index is 0.212. The molecule has 1 heterocycles. The van der Waals surface area contributed by atoms with E-state index in [4.69, 9.17) is 18.9 Å². The lowest BCUT2D eigenvalue weighted by Gasteiger charge is -2.21. The van der Waals surface area contributed by atoms with E-state index in [-0.39, 0.29) is 5.91 Å². The van der Waals surface area contributed by atoms with Gasteiger partial charge in [0.1, 0.15) is 13.2 Å². The number of hydrogen-bond donors (Lipinski definition) is 1. The zero-order valence-corrected chi connectivity index (χ0v) is 15.5. The number of allylic oxidation sites excluding steroid dienone is 1. The summed E-state index contributed by atoms with van der Waals surface area (Å²) in [4.78, 5) is 12.7. The number of ether oxygens (including phenoxy) is 4. The van der Waals surface area contributed by atoms with Crippen LogP contribution in [0.3, 0.4) is 0 Å². The number of carbonyl (C=O) groups excluding carboxylic acids is 1. The maximum absolute atomic E-state index is 12.7. The molecule has 1 amide bonds. The fourth-order valence-electron chi connectivity index (χ4n) is 3.03. The van der Waals surface area contributed by atoms with Crippen molar-refractivity contribution in [3.05, 3.63) is 59.7 Å². The Kier molecular flexibility index (Phi) is 5.86. The van der Waals surface area contributed by atoms with E-state index in [2.05, 4.69) is 11.9 Å². The van der Waals surface area contributed by atoms with Crippen molar-refractivity contribution in [1.29, 1.82) is 0 Å². The molecular weight excluding hydrogens is 346 g/mol. The van der Waals surface area contributed by atoms with Crippen LogP contribution < -0.4 is 24.3 Å². The predicted molar refractivity (Wildman–Crippen MR) is 102 cm³/mol. The Balaban J connectivity index is 1.80. The molecule has 1 aliphatic heterocycles. The smallest absolute Gasteiger partial charge is 0.251 e. The molecule has 2 aromatic rings.